The molecule has 2 aromatic carbocycles. The molecule has 0 aliphatic carbocycles. The van der Waals surface area contributed by atoms with Crippen LogP contribution in [-0.2, 0) is 6.54 Å². The number of benzene rings is 2. The Labute approximate surface area is 171 Å². The third-order valence-electron chi connectivity index (χ3n) is 5.63. The lowest BCUT2D eigenvalue weighted by Gasteiger charge is -2.35. The predicted molar refractivity (Wildman–Crippen MR) is 112 cm³/mol. The van der Waals surface area contributed by atoms with Gasteiger partial charge < -0.3 is 19.9 Å². The summed E-state index contributed by atoms with van der Waals surface area (Å²) in [4.78, 5) is 2.49. The summed E-state index contributed by atoms with van der Waals surface area (Å²) in [5.41, 5.74) is 9.05. The number of halogens is 1. The molecule has 6 heteroatoms. The number of fused-ring (bicyclic) bond motifs is 1. The van der Waals surface area contributed by atoms with Crippen LogP contribution in [0.4, 0.5) is 5.69 Å². The first-order valence-corrected chi connectivity index (χ1v) is 10.2. The van der Waals surface area contributed by atoms with Crippen molar-refractivity contribution in [2.45, 2.75) is 38.3 Å². The Balaban J connectivity index is 1.45. The number of ether oxygens (including phenoxy) is 3. The molecule has 4 rings (SSSR count). The van der Waals surface area contributed by atoms with Gasteiger partial charge in [-0.05, 0) is 62.5 Å². The fourth-order valence-electron chi connectivity index (χ4n) is 4.04. The summed E-state index contributed by atoms with van der Waals surface area (Å²) < 4.78 is 17.2. The molecule has 1 saturated heterocycles. The van der Waals surface area contributed by atoms with Gasteiger partial charge in [-0.1, -0.05) is 23.7 Å². The van der Waals surface area contributed by atoms with E-state index in [1.165, 1.54) is 5.56 Å². The Morgan fingerprint density at radius 1 is 1.18 bits per heavy atom. The van der Waals surface area contributed by atoms with E-state index in [2.05, 4.69) is 17.0 Å². The molecular weight excluding hydrogens is 376 g/mol. The van der Waals surface area contributed by atoms with E-state index in [-0.39, 0.29) is 6.10 Å². The fourth-order valence-corrected chi connectivity index (χ4v) is 4.24. The Kier molecular flexibility index (Phi) is 5.56. The van der Waals surface area contributed by atoms with Crippen molar-refractivity contribution < 1.29 is 14.2 Å². The number of nitrogen functional groups attached to an aromatic ring is 1. The van der Waals surface area contributed by atoms with Crippen LogP contribution in [-0.4, -0.2) is 37.8 Å². The minimum absolute atomic E-state index is 0.0209. The zero-order chi connectivity index (χ0) is 19.7. The van der Waals surface area contributed by atoms with E-state index < -0.39 is 0 Å². The number of nitrogens with zero attached hydrogens (tertiary/aromatic N) is 1. The minimum atomic E-state index is -0.0209. The van der Waals surface area contributed by atoms with E-state index in [1.807, 2.05) is 25.1 Å². The molecule has 1 unspecified atom stereocenters. The first-order chi connectivity index (χ1) is 13.5. The average Bonchev–Trinajstić information content (AvgIpc) is 2.72. The molecule has 1 fully saturated rings. The summed E-state index contributed by atoms with van der Waals surface area (Å²) in [6.45, 7) is 5.53. The zero-order valence-corrected chi connectivity index (χ0v) is 17.2. The summed E-state index contributed by atoms with van der Waals surface area (Å²) in [6.07, 6.45) is 2.09. The number of hydrogen-bond donors (Lipinski definition) is 1. The van der Waals surface area contributed by atoms with Crippen LogP contribution in [0.5, 0.6) is 17.2 Å². The lowest BCUT2D eigenvalue weighted by atomic mass is 9.88. The normalized spacial score (nSPS) is 20.2. The summed E-state index contributed by atoms with van der Waals surface area (Å²) >= 11 is 6.40. The lowest BCUT2D eigenvalue weighted by molar-refractivity contribution is 0.102. The molecule has 2 aromatic rings. The van der Waals surface area contributed by atoms with Gasteiger partial charge in [0.15, 0.2) is 11.5 Å². The van der Waals surface area contributed by atoms with Gasteiger partial charge in [0.2, 0.25) is 0 Å². The summed E-state index contributed by atoms with van der Waals surface area (Å²) in [5.74, 6) is 2.69. The standard InChI is InChI=1S/C22H27ClN2O3/c1-14-13-27-21-18(11-19(23)20(24)22(21)28-14)16-7-9-25(10-8-16)12-15-3-5-17(26-2)6-4-15/h3-6,11,14,16H,7-10,12-13,24H2,1-2H3. The molecule has 0 spiro atoms. The third-order valence-corrected chi connectivity index (χ3v) is 5.94. The molecule has 2 heterocycles. The summed E-state index contributed by atoms with van der Waals surface area (Å²) in [7, 11) is 1.69. The molecule has 2 N–H and O–H groups in total. The van der Waals surface area contributed by atoms with Gasteiger partial charge in [0.05, 0.1) is 17.8 Å². The van der Waals surface area contributed by atoms with Gasteiger partial charge in [0, 0.05) is 12.1 Å². The topological polar surface area (TPSA) is 57.0 Å². The number of methoxy groups -OCH3 is 1. The van der Waals surface area contributed by atoms with Crippen molar-refractivity contribution in [1.29, 1.82) is 0 Å². The molecule has 0 saturated carbocycles. The quantitative estimate of drug-likeness (QED) is 0.764. The molecule has 2 aliphatic heterocycles. The highest BCUT2D eigenvalue weighted by atomic mass is 35.5. The van der Waals surface area contributed by atoms with Crippen LogP contribution < -0.4 is 19.9 Å². The molecular formula is C22H27ClN2O3. The largest absolute Gasteiger partial charge is 0.497 e. The van der Waals surface area contributed by atoms with Crippen LogP contribution in [0.3, 0.4) is 0 Å². The maximum Gasteiger partial charge on any atom is 0.186 e. The zero-order valence-electron chi connectivity index (χ0n) is 16.4. The Bertz CT molecular complexity index is 833. The minimum Gasteiger partial charge on any atom is -0.497 e. The monoisotopic (exact) mass is 402 g/mol. The molecule has 0 aromatic heterocycles. The fraction of sp³-hybridized carbons (Fsp3) is 0.455. The highest BCUT2D eigenvalue weighted by Gasteiger charge is 2.30. The second kappa shape index (κ2) is 8.10. The van der Waals surface area contributed by atoms with Gasteiger partial charge in [-0.15, -0.1) is 0 Å². The molecule has 5 nitrogen and oxygen atoms in total. The van der Waals surface area contributed by atoms with Crippen LogP contribution >= 0.6 is 11.6 Å². The molecule has 0 amide bonds. The Morgan fingerprint density at radius 2 is 1.89 bits per heavy atom. The van der Waals surface area contributed by atoms with Crippen LogP contribution in [0.2, 0.25) is 5.02 Å². The van der Waals surface area contributed by atoms with Crippen molar-refractivity contribution in [3.63, 3.8) is 0 Å². The van der Waals surface area contributed by atoms with Crippen molar-refractivity contribution in [3.8, 4) is 17.2 Å². The number of nitrogens with two attached hydrogens (primary N) is 1. The summed E-state index contributed by atoms with van der Waals surface area (Å²) in [5, 5.41) is 0.548. The van der Waals surface area contributed by atoms with Crippen LogP contribution in [0.1, 0.15) is 36.8 Å². The third kappa shape index (κ3) is 3.87. The Morgan fingerprint density at radius 3 is 2.57 bits per heavy atom. The molecule has 150 valence electrons. The second-order valence-electron chi connectivity index (χ2n) is 7.66. The van der Waals surface area contributed by atoms with Crippen molar-refractivity contribution in [1.82, 2.24) is 4.90 Å². The van der Waals surface area contributed by atoms with Crippen molar-refractivity contribution in [2.75, 3.05) is 32.5 Å². The smallest absolute Gasteiger partial charge is 0.186 e. The molecule has 28 heavy (non-hydrogen) atoms. The van der Waals surface area contributed by atoms with E-state index in [9.17, 15) is 0 Å². The number of hydrogen-bond acceptors (Lipinski definition) is 5. The van der Waals surface area contributed by atoms with Gasteiger partial charge in [-0.25, -0.2) is 0 Å². The van der Waals surface area contributed by atoms with E-state index >= 15 is 0 Å². The number of rotatable bonds is 4. The van der Waals surface area contributed by atoms with E-state index in [4.69, 9.17) is 31.5 Å². The predicted octanol–water partition coefficient (Wildman–Crippen LogP) is 4.47. The molecule has 2 aliphatic rings. The number of likely N-dealkylation sites (tertiary alicyclic amines) is 1. The van der Waals surface area contributed by atoms with Crippen molar-refractivity contribution in [2.24, 2.45) is 0 Å². The van der Waals surface area contributed by atoms with Gasteiger partial charge in [-0.2, -0.15) is 0 Å². The van der Waals surface area contributed by atoms with Crippen LogP contribution in [0, 0.1) is 0 Å². The first-order valence-electron chi connectivity index (χ1n) is 9.81. The van der Waals surface area contributed by atoms with Crippen LogP contribution in [0.15, 0.2) is 30.3 Å². The van der Waals surface area contributed by atoms with E-state index in [1.54, 1.807) is 7.11 Å². The van der Waals surface area contributed by atoms with E-state index in [0.29, 0.717) is 29.0 Å². The highest BCUT2D eigenvalue weighted by molar-refractivity contribution is 6.33. The first kappa shape index (κ1) is 19.2. The maximum absolute atomic E-state index is 6.40. The van der Waals surface area contributed by atoms with E-state index in [0.717, 1.165) is 49.5 Å². The van der Waals surface area contributed by atoms with Crippen LogP contribution in [0.25, 0.3) is 0 Å². The van der Waals surface area contributed by atoms with Gasteiger partial charge in [0.25, 0.3) is 0 Å². The van der Waals surface area contributed by atoms with Gasteiger partial charge >= 0.3 is 0 Å². The Hall–Kier alpha value is -2.11. The molecule has 0 bridgehead atoms. The van der Waals surface area contributed by atoms with Gasteiger partial charge in [0.1, 0.15) is 18.5 Å². The van der Waals surface area contributed by atoms with Gasteiger partial charge in [-0.3, -0.25) is 4.90 Å². The summed E-state index contributed by atoms with van der Waals surface area (Å²) in [6, 6.07) is 10.3. The lowest BCUT2D eigenvalue weighted by Crippen LogP contribution is -2.33. The highest BCUT2D eigenvalue weighted by Crippen LogP contribution is 2.48. The molecule has 0 radical (unpaired) electrons. The number of piperidine rings is 1. The van der Waals surface area contributed by atoms with Crippen molar-refractivity contribution in [3.05, 3.63) is 46.5 Å². The second-order valence-corrected chi connectivity index (χ2v) is 8.06. The molecule has 1 atom stereocenters. The SMILES string of the molecule is COc1ccc(CN2CCC(c3cc(Cl)c(N)c4c3OCC(C)O4)CC2)cc1. The average molecular weight is 403 g/mol. The number of anilines is 1. The van der Waals surface area contributed by atoms with Crippen molar-refractivity contribution >= 4 is 17.3 Å². The maximum atomic E-state index is 6.40.